The van der Waals surface area contributed by atoms with Gasteiger partial charge in [0, 0.05) is 45.7 Å². The maximum Gasteiger partial charge on any atom is 0.317 e. The molecule has 0 radical (unpaired) electrons. The van der Waals surface area contributed by atoms with Crippen LogP contribution in [0.1, 0.15) is 24.5 Å². The van der Waals surface area contributed by atoms with Crippen LogP contribution in [0.15, 0.2) is 24.3 Å². The molecule has 7 heteroatoms. The van der Waals surface area contributed by atoms with E-state index in [4.69, 9.17) is 0 Å². The molecule has 0 spiro atoms. The molecule has 4 amide bonds. The van der Waals surface area contributed by atoms with Crippen molar-refractivity contribution >= 4 is 17.8 Å². The third-order valence-corrected chi connectivity index (χ3v) is 5.02. The molecule has 26 heavy (non-hydrogen) atoms. The number of hydrogen-bond acceptors (Lipinski definition) is 3. The minimum absolute atomic E-state index is 0.0173. The molecule has 2 fully saturated rings. The number of hydrogen-bond donors (Lipinski definition) is 2. The van der Waals surface area contributed by atoms with E-state index in [1.807, 2.05) is 12.1 Å². The molecule has 7 nitrogen and oxygen atoms in total. The Bertz CT molecular complexity index is 674. The molecular weight excluding hydrogens is 332 g/mol. The first-order valence-electron chi connectivity index (χ1n) is 9.23. The second-order valence-corrected chi connectivity index (χ2v) is 6.86. The van der Waals surface area contributed by atoms with Crippen LogP contribution in [0.5, 0.6) is 0 Å². The van der Waals surface area contributed by atoms with Crippen LogP contribution in [0, 0.1) is 5.92 Å². The largest absolute Gasteiger partial charge is 0.354 e. The lowest BCUT2D eigenvalue weighted by Gasteiger charge is -2.18. The summed E-state index contributed by atoms with van der Waals surface area (Å²) in [5.41, 5.74) is 2.35. The Balaban J connectivity index is 1.45. The molecule has 1 aromatic carbocycles. The van der Waals surface area contributed by atoms with E-state index in [0.717, 1.165) is 12.0 Å². The lowest BCUT2D eigenvalue weighted by atomic mass is 10.1. The molecule has 140 valence electrons. The number of nitrogens with one attached hydrogen (secondary N) is 2. The number of carbonyl (C=O) groups is 3. The SMILES string of the molecule is CCc1ccc(CN2C[C@H](C(=O)NCCN3CCNC3=O)CC2=O)cc1. The first kappa shape index (κ1) is 18.2. The second-order valence-electron chi connectivity index (χ2n) is 6.86. The van der Waals surface area contributed by atoms with Crippen molar-refractivity contribution in [2.75, 3.05) is 32.7 Å². The Labute approximate surface area is 153 Å². The van der Waals surface area contributed by atoms with Crippen LogP contribution in [-0.2, 0) is 22.6 Å². The second kappa shape index (κ2) is 8.21. The Morgan fingerprint density at radius 2 is 1.92 bits per heavy atom. The molecule has 0 aromatic heterocycles. The molecule has 2 heterocycles. The summed E-state index contributed by atoms with van der Waals surface area (Å²) in [5.74, 6) is -0.407. The van der Waals surface area contributed by atoms with Crippen LogP contribution in [0.25, 0.3) is 0 Å². The normalized spacial score (nSPS) is 19.8. The molecule has 0 bridgehead atoms. The molecule has 0 aliphatic carbocycles. The van der Waals surface area contributed by atoms with Crippen molar-refractivity contribution in [3.63, 3.8) is 0 Å². The summed E-state index contributed by atoms with van der Waals surface area (Å²) >= 11 is 0. The van der Waals surface area contributed by atoms with E-state index in [9.17, 15) is 14.4 Å². The lowest BCUT2D eigenvalue weighted by molar-refractivity contribution is -0.129. The van der Waals surface area contributed by atoms with Crippen molar-refractivity contribution in [2.24, 2.45) is 5.92 Å². The van der Waals surface area contributed by atoms with E-state index < -0.39 is 0 Å². The average Bonchev–Trinajstić information content (AvgIpc) is 3.22. The maximum absolute atomic E-state index is 12.3. The van der Waals surface area contributed by atoms with Gasteiger partial charge in [-0.2, -0.15) is 0 Å². The van der Waals surface area contributed by atoms with E-state index in [2.05, 4.69) is 29.7 Å². The Hall–Kier alpha value is -2.57. The van der Waals surface area contributed by atoms with E-state index in [-0.39, 0.29) is 30.2 Å². The minimum Gasteiger partial charge on any atom is -0.354 e. The van der Waals surface area contributed by atoms with Gasteiger partial charge in [-0.3, -0.25) is 9.59 Å². The summed E-state index contributed by atoms with van der Waals surface area (Å²) in [6.45, 7) is 5.32. The number of rotatable bonds is 7. The summed E-state index contributed by atoms with van der Waals surface area (Å²) in [6, 6.07) is 8.15. The summed E-state index contributed by atoms with van der Waals surface area (Å²) in [5, 5.41) is 5.58. The van der Waals surface area contributed by atoms with Crippen molar-refractivity contribution in [1.29, 1.82) is 0 Å². The zero-order chi connectivity index (χ0) is 18.5. The minimum atomic E-state index is -0.315. The van der Waals surface area contributed by atoms with Gasteiger partial charge in [0.1, 0.15) is 0 Å². The average molecular weight is 358 g/mol. The van der Waals surface area contributed by atoms with Gasteiger partial charge in [-0.15, -0.1) is 0 Å². The lowest BCUT2D eigenvalue weighted by Crippen LogP contribution is -2.39. The maximum atomic E-state index is 12.3. The molecule has 0 unspecified atom stereocenters. The van der Waals surface area contributed by atoms with Gasteiger partial charge in [0.2, 0.25) is 11.8 Å². The van der Waals surface area contributed by atoms with Crippen LogP contribution < -0.4 is 10.6 Å². The predicted octanol–water partition coefficient (Wildman–Crippen LogP) is 0.739. The highest BCUT2D eigenvalue weighted by molar-refractivity contribution is 5.89. The Kier molecular flexibility index (Phi) is 5.75. The van der Waals surface area contributed by atoms with Gasteiger partial charge in [-0.1, -0.05) is 31.2 Å². The van der Waals surface area contributed by atoms with Crippen molar-refractivity contribution in [2.45, 2.75) is 26.3 Å². The molecule has 2 N–H and O–H groups in total. The predicted molar refractivity (Wildman–Crippen MR) is 97.3 cm³/mol. The Morgan fingerprint density at radius 1 is 1.19 bits per heavy atom. The van der Waals surface area contributed by atoms with E-state index >= 15 is 0 Å². The van der Waals surface area contributed by atoms with Crippen LogP contribution in [-0.4, -0.2) is 60.4 Å². The molecule has 2 aliphatic rings. The van der Waals surface area contributed by atoms with Crippen LogP contribution in [0.2, 0.25) is 0 Å². The molecule has 3 rings (SSSR count). The van der Waals surface area contributed by atoms with Gasteiger partial charge in [0.05, 0.1) is 5.92 Å². The standard InChI is InChI=1S/C19H26N4O3/c1-2-14-3-5-15(6-4-14)12-23-13-16(11-17(23)24)18(25)20-7-9-22-10-8-21-19(22)26/h3-6,16H,2,7-13H2,1H3,(H,20,25)(H,21,26)/t16-/m1/s1. The monoisotopic (exact) mass is 358 g/mol. The first-order chi connectivity index (χ1) is 12.6. The van der Waals surface area contributed by atoms with Crippen LogP contribution >= 0.6 is 0 Å². The molecule has 1 atom stereocenters. The number of aryl methyl sites for hydroxylation is 1. The van der Waals surface area contributed by atoms with Gasteiger partial charge in [0.15, 0.2) is 0 Å². The number of urea groups is 1. The number of nitrogens with zero attached hydrogens (tertiary/aromatic N) is 2. The van der Waals surface area contributed by atoms with Crippen molar-refractivity contribution < 1.29 is 14.4 Å². The van der Waals surface area contributed by atoms with Gasteiger partial charge >= 0.3 is 6.03 Å². The number of likely N-dealkylation sites (tertiary alicyclic amines) is 1. The van der Waals surface area contributed by atoms with Gasteiger partial charge in [-0.25, -0.2) is 4.79 Å². The van der Waals surface area contributed by atoms with E-state index in [1.54, 1.807) is 9.80 Å². The number of carbonyl (C=O) groups excluding carboxylic acids is 3. The van der Waals surface area contributed by atoms with Crippen molar-refractivity contribution in [3.05, 3.63) is 35.4 Å². The van der Waals surface area contributed by atoms with Gasteiger partial charge in [-0.05, 0) is 17.5 Å². The van der Waals surface area contributed by atoms with Crippen molar-refractivity contribution in [1.82, 2.24) is 20.4 Å². The van der Waals surface area contributed by atoms with Crippen molar-refractivity contribution in [3.8, 4) is 0 Å². The van der Waals surface area contributed by atoms with Gasteiger partial charge in [0.25, 0.3) is 0 Å². The van der Waals surface area contributed by atoms with Gasteiger partial charge < -0.3 is 20.4 Å². The molecule has 1 aromatic rings. The summed E-state index contributed by atoms with van der Waals surface area (Å²) in [4.78, 5) is 39.4. The molecular formula is C19H26N4O3. The first-order valence-corrected chi connectivity index (χ1v) is 9.23. The molecule has 2 aliphatic heterocycles. The Morgan fingerprint density at radius 3 is 2.58 bits per heavy atom. The van der Waals surface area contributed by atoms with E-state index in [1.165, 1.54) is 5.56 Å². The summed E-state index contributed by atoms with van der Waals surface area (Å²) in [6.07, 6.45) is 1.24. The zero-order valence-corrected chi connectivity index (χ0v) is 15.2. The zero-order valence-electron chi connectivity index (χ0n) is 15.2. The van der Waals surface area contributed by atoms with Crippen LogP contribution in [0.3, 0.4) is 0 Å². The summed E-state index contributed by atoms with van der Waals surface area (Å²) < 4.78 is 0. The highest BCUT2D eigenvalue weighted by Gasteiger charge is 2.34. The molecule has 0 saturated carbocycles. The highest BCUT2D eigenvalue weighted by Crippen LogP contribution is 2.20. The topological polar surface area (TPSA) is 81.8 Å². The fraction of sp³-hybridized carbons (Fsp3) is 0.526. The number of amides is 4. The summed E-state index contributed by atoms with van der Waals surface area (Å²) in [7, 11) is 0. The molecule has 2 saturated heterocycles. The van der Waals surface area contributed by atoms with E-state index in [0.29, 0.717) is 39.3 Å². The fourth-order valence-electron chi connectivity index (χ4n) is 3.38. The fourth-order valence-corrected chi connectivity index (χ4v) is 3.38. The van der Waals surface area contributed by atoms with Crippen LogP contribution in [0.4, 0.5) is 4.79 Å². The quantitative estimate of drug-likeness (QED) is 0.754. The third kappa shape index (κ3) is 4.33. The third-order valence-electron chi connectivity index (χ3n) is 5.02. The highest BCUT2D eigenvalue weighted by atomic mass is 16.2. The smallest absolute Gasteiger partial charge is 0.317 e. The number of benzene rings is 1.